The van der Waals surface area contributed by atoms with E-state index in [4.69, 9.17) is 23.8 Å². The number of nitrogens with one attached hydrogen (secondary N) is 2. The molecule has 178 valence electrons. The summed E-state index contributed by atoms with van der Waals surface area (Å²) in [6, 6.07) is 19.6. The molecule has 4 rings (SSSR count). The van der Waals surface area contributed by atoms with Crippen molar-refractivity contribution in [2.24, 2.45) is 0 Å². The van der Waals surface area contributed by atoms with Crippen LogP contribution in [-0.4, -0.2) is 33.9 Å². The molecule has 0 spiro atoms. The molecule has 2 N–H and O–H groups in total. The summed E-state index contributed by atoms with van der Waals surface area (Å²) in [5.74, 6) is -1.29. The quantitative estimate of drug-likeness (QED) is 0.403. The lowest BCUT2D eigenvalue weighted by molar-refractivity contribution is -0.124. The van der Waals surface area contributed by atoms with Crippen LogP contribution in [0.1, 0.15) is 22.3 Å². The molecule has 10 heteroatoms. The van der Waals surface area contributed by atoms with Crippen LogP contribution in [0.4, 0.5) is 11.4 Å². The summed E-state index contributed by atoms with van der Waals surface area (Å²) in [6.45, 7) is 1.91. The number of rotatable bonds is 6. The van der Waals surface area contributed by atoms with Gasteiger partial charge in [0.05, 0.1) is 12.1 Å². The van der Waals surface area contributed by atoms with Crippen molar-refractivity contribution >= 4 is 74.0 Å². The third kappa shape index (κ3) is 5.70. The largest absolute Gasteiger partial charge is 0.326 e. The van der Waals surface area contributed by atoms with Crippen LogP contribution in [-0.2, 0) is 9.59 Å². The number of halogens is 2. The van der Waals surface area contributed by atoms with Gasteiger partial charge in [-0.05, 0) is 85.4 Å². The summed E-state index contributed by atoms with van der Waals surface area (Å²) >= 11 is 14.9. The molecule has 35 heavy (non-hydrogen) atoms. The zero-order valence-electron chi connectivity index (χ0n) is 18.5. The lowest BCUT2D eigenvalue weighted by atomic mass is 10.1. The van der Waals surface area contributed by atoms with Gasteiger partial charge >= 0.3 is 0 Å². The van der Waals surface area contributed by atoms with E-state index in [9.17, 15) is 14.4 Å². The second-order valence-corrected chi connectivity index (χ2v) is 9.61. The smallest absolute Gasteiger partial charge is 0.269 e. The SMILES string of the molecule is Cc1cccc(NC(=O)CC2C(=O)N(c3ccc(Cl)cc3)C(=S)N2NC(=O)c2ccc(Br)cc2)c1. The summed E-state index contributed by atoms with van der Waals surface area (Å²) < 4.78 is 0.820. The van der Waals surface area contributed by atoms with Gasteiger partial charge in [-0.1, -0.05) is 39.7 Å². The predicted octanol–water partition coefficient (Wildman–Crippen LogP) is 5.09. The summed E-state index contributed by atoms with van der Waals surface area (Å²) in [5, 5.41) is 4.63. The molecule has 0 aromatic heterocycles. The van der Waals surface area contributed by atoms with Gasteiger partial charge in [-0.2, -0.15) is 0 Å². The highest BCUT2D eigenvalue weighted by atomic mass is 79.9. The third-order valence-corrected chi connectivity index (χ3v) is 6.47. The van der Waals surface area contributed by atoms with Crippen molar-refractivity contribution in [3.8, 4) is 0 Å². The number of hydrogen-bond donors (Lipinski definition) is 2. The second kappa shape index (κ2) is 10.6. The zero-order chi connectivity index (χ0) is 25.1. The number of amides is 3. The van der Waals surface area contributed by atoms with Gasteiger partial charge in [0.2, 0.25) is 11.0 Å². The number of thiocarbonyl (C=S) groups is 1. The third-order valence-electron chi connectivity index (χ3n) is 5.31. The Bertz CT molecular complexity index is 1300. The Labute approximate surface area is 221 Å². The molecule has 1 atom stereocenters. The van der Waals surface area contributed by atoms with E-state index < -0.39 is 23.8 Å². The molecule has 1 aliphatic rings. The van der Waals surface area contributed by atoms with Crippen LogP contribution in [0.25, 0.3) is 0 Å². The number of nitrogens with zero attached hydrogens (tertiary/aromatic N) is 2. The van der Waals surface area contributed by atoms with Crippen molar-refractivity contribution in [1.29, 1.82) is 0 Å². The number of hydrazine groups is 1. The first kappa shape index (κ1) is 24.8. The molecule has 1 aliphatic heterocycles. The standard InChI is InChI=1S/C25H20BrClN4O3S/c1-15-3-2-4-19(13-15)28-22(32)14-21-24(34)30(20-11-9-18(27)10-12-20)25(35)31(21)29-23(33)16-5-7-17(26)8-6-16/h2-13,21H,14H2,1H3,(H,28,32)(H,29,33). The van der Waals surface area contributed by atoms with Crippen molar-refractivity contribution in [3.63, 3.8) is 0 Å². The first-order valence-electron chi connectivity index (χ1n) is 10.6. The van der Waals surface area contributed by atoms with Gasteiger partial charge in [0.25, 0.3) is 11.8 Å². The van der Waals surface area contributed by atoms with E-state index in [2.05, 4.69) is 26.7 Å². The number of hydrogen-bond acceptors (Lipinski definition) is 4. The lowest BCUT2D eigenvalue weighted by Gasteiger charge is -2.24. The maximum atomic E-state index is 13.4. The predicted molar refractivity (Wildman–Crippen MR) is 143 cm³/mol. The van der Waals surface area contributed by atoms with E-state index in [-0.39, 0.29) is 11.5 Å². The first-order chi connectivity index (χ1) is 16.7. The van der Waals surface area contributed by atoms with Crippen molar-refractivity contribution in [3.05, 3.63) is 93.4 Å². The molecule has 3 aromatic rings. The van der Waals surface area contributed by atoms with E-state index in [1.165, 1.54) is 9.91 Å². The molecular formula is C25H20BrClN4O3S. The molecule has 0 saturated carbocycles. The fourth-order valence-corrected chi connectivity index (χ4v) is 4.37. The van der Waals surface area contributed by atoms with Crippen molar-refractivity contribution in [1.82, 2.24) is 10.4 Å². The van der Waals surface area contributed by atoms with E-state index in [0.717, 1.165) is 10.0 Å². The fourth-order valence-electron chi connectivity index (χ4n) is 3.61. The normalized spacial score (nSPS) is 15.3. The van der Waals surface area contributed by atoms with Gasteiger partial charge in [0, 0.05) is 20.7 Å². The average molecular weight is 572 g/mol. The molecule has 1 unspecified atom stereocenters. The minimum atomic E-state index is -1.04. The van der Waals surface area contributed by atoms with E-state index >= 15 is 0 Å². The van der Waals surface area contributed by atoms with Crippen molar-refractivity contribution in [2.75, 3.05) is 10.2 Å². The highest BCUT2D eigenvalue weighted by Gasteiger charge is 2.45. The Balaban J connectivity index is 1.60. The van der Waals surface area contributed by atoms with Gasteiger partial charge < -0.3 is 5.32 Å². The molecular weight excluding hydrogens is 552 g/mol. The monoisotopic (exact) mass is 570 g/mol. The Morgan fingerprint density at radius 2 is 1.74 bits per heavy atom. The summed E-state index contributed by atoms with van der Waals surface area (Å²) in [5.41, 5.74) is 5.15. The van der Waals surface area contributed by atoms with Crippen molar-refractivity contribution in [2.45, 2.75) is 19.4 Å². The molecule has 1 fully saturated rings. The molecule has 3 aromatic carbocycles. The second-order valence-electron chi connectivity index (χ2n) is 7.89. The maximum absolute atomic E-state index is 13.4. The average Bonchev–Trinajstić information content (AvgIpc) is 3.04. The lowest BCUT2D eigenvalue weighted by Crippen LogP contribution is -2.49. The van der Waals surface area contributed by atoms with Crippen molar-refractivity contribution < 1.29 is 14.4 Å². The molecule has 3 amide bonds. The van der Waals surface area contributed by atoms with Crippen LogP contribution in [0.15, 0.2) is 77.3 Å². The van der Waals surface area contributed by atoms with Gasteiger partial charge in [0.1, 0.15) is 6.04 Å². The summed E-state index contributed by atoms with van der Waals surface area (Å²) in [7, 11) is 0. The van der Waals surface area contributed by atoms with Crippen LogP contribution in [0.3, 0.4) is 0 Å². The Morgan fingerprint density at radius 3 is 2.40 bits per heavy atom. The summed E-state index contributed by atoms with van der Waals surface area (Å²) in [6.07, 6.45) is -0.225. The van der Waals surface area contributed by atoms with E-state index in [1.54, 1.807) is 54.6 Å². The number of anilines is 2. The van der Waals surface area contributed by atoms with E-state index in [0.29, 0.717) is 22.0 Å². The van der Waals surface area contributed by atoms with Gasteiger partial charge in [-0.3, -0.25) is 24.7 Å². The zero-order valence-corrected chi connectivity index (χ0v) is 21.7. The fraction of sp³-hybridized carbons (Fsp3) is 0.120. The van der Waals surface area contributed by atoms with Gasteiger partial charge in [-0.15, -0.1) is 0 Å². The molecule has 0 aliphatic carbocycles. The first-order valence-corrected chi connectivity index (χ1v) is 12.2. The van der Waals surface area contributed by atoms with E-state index in [1.807, 2.05) is 25.1 Å². The van der Waals surface area contributed by atoms with Crippen LogP contribution >= 0.6 is 39.7 Å². The Hall–Kier alpha value is -3.27. The van der Waals surface area contributed by atoms with Crippen LogP contribution < -0.4 is 15.6 Å². The van der Waals surface area contributed by atoms with Crippen LogP contribution in [0, 0.1) is 6.92 Å². The molecule has 0 radical (unpaired) electrons. The topological polar surface area (TPSA) is 81.8 Å². The highest BCUT2D eigenvalue weighted by Crippen LogP contribution is 2.28. The minimum Gasteiger partial charge on any atom is -0.326 e. The molecule has 1 heterocycles. The molecule has 7 nitrogen and oxygen atoms in total. The number of benzene rings is 3. The highest BCUT2D eigenvalue weighted by molar-refractivity contribution is 9.10. The number of aryl methyl sites for hydroxylation is 1. The van der Waals surface area contributed by atoms with Crippen LogP contribution in [0.5, 0.6) is 0 Å². The molecule has 1 saturated heterocycles. The van der Waals surface area contributed by atoms with Gasteiger partial charge in [0.15, 0.2) is 0 Å². The van der Waals surface area contributed by atoms with Gasteiger partial charge in [-0.25, -0.2) is 5.01 Å². The molecule has 0 bridgehead atoms. The summed E-state index contributed by atoms with van der Waals surface area (Å²) in [4.78, 5) is 40.5. The number of carbonyl (C=O) groups excluding carboxylic acids is 3. The maximum Gasteiger partial charge on any atom is 0.269 e. The minimum absolute atomic E-state index is 0.0520. The number of carbonyl (C=O) groups is 3. The van der Waals surface area contributed by atoms with Crippen LogP contribution in [0.2, 0.25) is 5.02 Å². The Morgan fingerprint density at radius 1 is 1.06 bits per heavy atom. The Kier molecular flexibility index (Phi) is 7.49.